The quantitative estimate of drug-likeness (QED) is 0.510. The van der Waals surface area contributed by atoms with Crippen LogP contribution < -0.4 is 10.6 Å². The Hall–Kier alpha value is -2.92. The van der Waals surface area contributed by atoms with E-state index in [0.29, 0.717) is 19.3 Å². The molecule has 0 bridgehead atoms. The largest absolute Gasteiger partial charge is 0.350 e. The monoisotopic (exact) mass is 432 g/mol. The third-order valence-corrected chi connectivity index (χ3v) is 7.07. The van der Waals surface area contributed by atoms with E-state index >= 15 is 0 Å². The molecule has 1 aliphatic heterocycles. The lowest BCUT2D eigenvalue weighted by Gasteiger charge is -2.29. The first-order valence-corrected chi connectivity index (χ1v) is 11.7. The van der Waals surface area contributed by atoms with Gasteiger partial charge in [0.05, 0.1) is 6.04 Å². The van der Waals surface area contributed by atoms with Gasteiger partial charge in [0.2, 0.25) is 11.8 Å². The fourth-order valence-corrected chi connectivity index (χ4v) is 5.03. The molecule has 4 nitrogen and oxygen atoms in total. The van der Waals surface area contributed by atoms with Crippen LogP contribution in [0.1, 0.15) is 49.1 Å². The molecule has 4 rings (SSSR count). The summed E-state index contributed by atoms with van der Waals surface area (Å²) in [6.45, 7) is 2.01. The van der Waals surface area contributed by atoms with E-state index in [1.807, 2.05) is 42.6 Å². The van der Waals surface area contributed by atoms with Crippen LogP contribution in [0, 0.1) is 0 Å². The minimum Gasteiger partial charge on any atom is -0.350 e. The van der Waals surface area contributed by atoms with Crippen molar-refractivity contribution >= 4 is 23.2 Å². The Morgan fingerprint density at radius 1 is 1.06 bits per heavy atom. The number of carbonyl (C=O) groups is 2. The zero-order valence-electron chi connectivity index (χ0n) is 17.8. The van der Waals surface area contributed by atoms with Crippen LogP contribution >= 0.6 is 11.3 Å². The van der Waals surface area contributed by atoms with E-state index in [9.17, 15) is 9.59 Å². The number of carbonyl (C=O) groups excluding carboxylic acids is 2. The maximum absolute atomic E-state index is 12.6. The molecule has 2 aromatic carbocycles. The third kappa shape index (κ3) is 5.42. The molecule has 160 valence electrons. The van der Waals surface area contributed by atoms with Crippen molar-refractivity contribution in [1.82, 2.24) is 10.6 Å². The summed E-state index contributed by atoms with van der Waals surface area (Å²) in [5.41, 5.74) is 3.19. The van der Waals surface area contributed by atoms with Gasteiger partial charge in [-0.25, -0.2) is 0 Å². The number of nitrogens with one attached hydrogen (secondary N) is 2. The van der Waals surface area contributed by atoms with Gasteiger partial charge in [-0.15, -0.1) is 11.3 Å². The summed E-state index contributed by atoms with van der Waals surface area (Å²) in [5, 5.41) is 8.28. The van der Waals surface area contributed by atoms with E-state index in [4.69, 9.17) is 0 Å². The van der Waals surface area contributed by atoms with Crippen molar-refractivity contribution < 1.29 is 9.59 Å². The van der Waals surface area contributed by atoms with E-state index in [1.165, 1.54) is 16.7 Å². The van der Waals surface area contributed by atoms with Crippen molar-refractivity contribution in [2.75, 3.05) is 0 Å². The van der Waals surface area contributed by atoms with Crippen LogP contribution in [0.2, 0.25) is 0 Å². The van der Waals surface area contributed by atoms with Gasteiger partial charge in [-0.3, -0.25) is 9.59 Å². The Balaban J connectivity index is 1.39. The van der Waals surface area contributed by atoms with Gasteiger partial charge in [-0.2, -0.15) is 0 Å². The molecule has 1 aromatic heterocycles. The molecule has 0 saturated carbocycles. The second-order valence-electron chi connectivity index (χ2n) is 8.37. The molecule has 2 atom stereocenters. The number of hydrogen-bond donors (Lipinski definition) is 2. The molecular weight excluding hydrogens is 404 g/mol. The number of rotatable bonds is 8. The first kappa shape index (κ1) is 21.3. The number of thiophene rings is 1. The van der Waals surface area contributed by atoms with Gasteiger partial charge in [0.15, 0.2) is 0 Å². The van der Waals surface area contributed by atoms with Gasteiger partial charge >= 0.3 is 0 Å². The van der Waals surface area contributed by atoms with E-state index in [2.05, 4.69) is 47.0 Å². The van der Waals surface area contributed by atoms with Crippen LogP contribution in [0.15, 0.2) is 72.1 Å². The molecule has 1 fully saturated rings. The molecule has 5 heteroatoms. The first-order valence-electron chi connectivity index (χ1n) is 10.8. The second kappa shape index (κ2) is 9.48. The van der Waals surface area contributed by atoms with Crippen LogP contribution in [0.3, 0.4) is 0 Å². The van der Waals surface area contributed by atoms with Gasteiger partial charge in [-0.1, -0.05) is 60.7 Å². The van der Waals surface area contributed by atoms with Crippen molar-refractivity contribution in [1.29, 1.82) is 0 Å². The summed E-state index contributed by atoms with van der Waals surface area (Å²) in [5.74, 6) is 0.106. The van der Waals surface area contributed by atoms with Gasteiger partial charge in [0.1, 0.15) is 0 Å². The average molecular weight is 433 g/mol. The Morgan fingerprint density at radius 2 is 1.81 bits per heavy atom. The molecular formula is C26H28N2O2S. The Labute approximate surface area is 187 Å². The van der Waals surface area contributed by atoms with Crippen molar-refractivity contribution in [2.24, 2.45) is 0 Å². The first-order chi connectivity index (χ1) is 15.0. The average Bonchev–Trinajstić information content (AvgIpc) is 3.44. The summed E-state index contributed by atoms with van der Waals surface area (Å²) in [4.78, 5) is 25.8. The minimum atomic E-state index is -0.352. The van der Waals surface area contributed by atoms with Crippen molar-refractivity contribution in [3.63, 3.8) is 0 Å². The van der Waals surface area contributed by atoms with Gasteiger partial charge in [-0.05, 0) is 54.3 Å². The highest BCUT2D eigenvalue weighted by atomic mass is 32.1. The van der Waals surface area contributed by atoms with Crippen LogP contribution in [-0.4, -0.2) is 17.4 Å². The molecule has 0 radical (unpaired) electrons. The fraction of sp³-hybridized carbons (Fsp3) is 0.308. The van der Waals surface area contributed by atoms with E-state index in [-0.39, 0.29) is 23.4 Å². The highest BCUT2D eigenvalue weighted by Crippen LogP contribution is 2.31. The Bertz CT molecular complexity index is 1020. The van der Waals surface area contributed by atoms with Crippen LogP contribution in [0.4, 0.5) is 0 Å². The zero-order valence-corrected chi connectivity index (χ0v) is 18.6. The van der Waals surface area contributed by atoms with E-state index in [0.717, 1.165) is 17.7 Å². The third-order valence-electron chi connectivity index (χ3n) is 6.02. The summed E-state index contributed by atoms with van der Waals surface area (Å²) in [6.07, 6.45) is 3.07. The van der Waals surface area contributed by atoms with E-state index < -0.39 is 0 Å². The number of benzene rings is 2. The summed E-state index contributed by atoms with van der Waals surface area (Å²) < 4.78 is 0. The molecule has 0 aliphatic carbocycles. The Kier molecular flexibility index (Phi) is 6.52. The van der Waals surface area contributed by atoms with Gasteiger partial charge < -0.3 is 10.6 Å². The summed E-state index contributed by atoms with van der Waals surface area (Å²) in [6, 6.07) is 22.9. The molecule has 0 unspecified atom stereocenters. The molecule has 31 heavy (non-hydrogen) atoms. The predicted molar refractivity (Wildman–Crippen MR) is 126 cm³/mol. The standard InChI is InChI=1S/C26H28N2O2S/c1-19(23-8-5-17-31-23)27-24(29)13-15-26(16-14-25(30)28-26)18-20-9-11-22(12-10-20)21-6-3-2-4-7-21/h2-12,17,19H,13-16,18H2,1H3,(H,27,29)(H,28,30)/t19-,26-/m1/s1. The van der Waals surface area contributed by atoms with Gasteiger partial charge in [0, 0.05) is 23.3 Å². The summed E-state index contributed by atoms with van der Waals surface area (Å²) in [7, 11) is 0. The molecule has 2 N–H and O–H groups in total. The molecule has 1 saturated heterocycles. The number of hydrogen-bond acceptors (Lipinski definition) is 3. The zero-order chi connectivity index (χ0) is 21.7. The van der Waals surface area contributed by atoms with Crippen molar-refractivity contribution in [3.05, 3.63) is 82.6 Å². The molecule has 2 amide bonds. The molecule has 3 aromatic rings. The van der Waals surface area contributed by atoms with Crippen molar-refractivity contribution in [3.8, 4) is 11.1 Å². The highest BCUT2D eigenvalue weighted by molar-refractivity contribution is 7.10. The highest BCUT2D eigenvalue weighted by Gasteiger charge is 2.37. The number of amides is 2. The van der Waals surface area contributed by atoms with Crippen molar-refractivity contribution in [2.45, 2.75) is 50.6 Å². The molecule has 2 heterocycles. The second-order valence-corrected chi connectivity index (χ2v) is 9.35. The van der Waals surface area contributed by atoms with Crippen LogP contribution in [0.5, 0.6) is 0 Å². The smallest absolute Gasteiger partial charge is 0.220 e. The lowest BCUT2D eigenvalue weighted by Crippen LogP contribution is -2.44. The van der Waals surface area contributed by atoms with Gasteiger partial charge in [0.25, 0.3) is 0 Å². The molecule has 0 spiro atoms. The minimum absolute atomic E-state index is 0.00662. The van der Waals surface area contributed by atoms with Crippen LogP contribution in [0.25, 0.3) is 11.1 Å². The topological polar surface area (TPSA) is 58.2 Å². The normalized spacial score (nSPS) is 19.1. The molecule has 1 aliphatic rings. The maximum Gasteiger partial charge on any atom is 0.220 e. The SMILES string of the molecule is C[C@@H](NC(=O)CC[C@]1(Cc2ccc(-c3ccccc3)cc2)CCC(=O)N1)c1cccs1. The maximum atomic E-state index is 12.6. The van der Waals surface area contributed by atoms with E-state index in [1.54, 1.807) is 11.3 Å². The lowest BCUT2D eigenvalue weighted by atomic mass is 9.84. The predicted octanol–water partition coefficient (Wildman–Crippen LogP) is 5.26. The summed E-state index contributed by atoms with van der Waals surface area (Å²) >= 11 is 1.65. The fourth-order valence-electron chi connectivity index (χ4n) is 4.29. The van der Waals surface area contributed by atoms with Crippen LogP contribution in [-0.2, 0) is 16.0 Å². The lowest BCUT2D eigenvalue weighted by molar-refractivity contribution is -0.123. The Morgan fingerprint density at radius 3 is 2.45 bits per heavy atom.